The third-order valence-electron chi connectivity index (χ3n) is 4.41. The molecule has 5 unspecified atom stereocenters. The first kappa shape index (κ1) is 12.8. The Hall–Kier alpha value is -0.610. The summed E-state index contributed by atoms with van der Waals surface area (Å²) in [6.07, 6.45) is 3.40. The molecule has 98 valence electrons. The first-order chi connectivity index (χ1) is 8.08. The van der Waals surface area contributed by atoms with Gasteiger partial charge in [0, 0.05) is 12.1 Å². The predicted octanol–water partition coefficient (Wildman–Crippen LogP) is 0.901. The van der Waals surface area contributed by atoms with Crippen LogP contribution in [0.2, 0.25) is 0 Å². The molecule has 2 rings (SSSR count). The van der Waals surface area contributed by atoms with Crippen molar-refractivity contribution in [2.45, 2.75) is 45.2 Å². The summed E-state index contributed by atoms with van der Waals surface area (Å²) in [6.45, 7) is 5.55. The van der Waals surface area contributed by atoms with Crippen LogP contribution in [0, 0.1) is 17.8 Å². The summed E-state index contributed by atoms with van der Waals surface area (Å²) in [6, 6.07) is 0.205. The standard InChI is InChI=1S/C13H24N2O2/c1-8-3-4-10(5-9(8)2)15-13(16)11-6-17-7-12(11)14/h8-12H,3-7,14H2,1-2H3,(H,15,16). The summed E-state index contributed by atoms with van der Waals surface area (Å²) in [4.78, 5) is 12.0. The number of ether oxygens (including phenoxy) is 1. The van der Waals surface area contributed by atoms with Crippen molar-refractivity contribution in [2.24, 2.45) is 23.5 Å². The molecule has 0 radical (unpaired) electrons. The number of carbonyl (C=O) groups excluding carboxylic acids is 1. The maximum Gasteiger partial charge on any atom is 0.227 e. The number of carbonyl (C=O) groups is 1. The fourth-order valence-electron chi connectivity index (χ4n) is 2.83. The van der Waals surface area contributed by atoms with Crippen molar-refractivity contribution in [3.8, 4) is 0 Å². The fraction of sp³-hybridized carbons (Fsp3) is 0.923. The highest BCUT2D eigenvalue weighted by Gasteiger charge is 2.33. The minimum atomic E-state index is -0.148. The quantitative estimate of drug-likeness (QED) is 0.754. The first-order valence-electron chi connectivity index (χ1n) is 6.71. The molecule has 5 atom stereocenters. The lowest BCUT2D eigenvalue weighted by atomic mass is 9.79. The third-order valence-corrected chi connectivity index (χ3v) is 4.41. The van der Waals surface area contributed by atoms with Crippen LogP contribution in [0.1, 0.15) is 33.1 Å². The minimum Gasteiger partial charge on any atom is -0.379 e. The van der Waals surface area contributed by atoms with E-state index in [-0.39, 0.29) is 17.9 Å². The van der Waals surface area contributed by atoms with Gasteiger partial charge in [-0.25, -0.2) is 0 Å². The molecule has 1 aliphatic heterocycles. The van der Waals surface area contributed by atoms with Gasteiger partial charge in [-0.3, -0.25) is 4.79 Å². The van der Waals surface area contributed by atoms with Gasteiger partial charge >= 0.3 is 0 Å². The molecule has 1 amide bonds. The average Bonchev–Trinajstić information content (AvgIpc) is 2.70. The highest BCUT2D eigenvalue weighted by atomic mass is 16.5. The molecule has 2 fully saturated rings. The van der Waals surface area contributed by atoms with Gasteiger partial charge in [-0.05, 0) is 31.1 Å². The van der Waals surface area contributed by atoms with Gasteiger partial charge in [0.2, 0.25) is 5.91 Å². The second kappa shape index (κ2) is 5.36. The molecule has 0 aromatic carbocycles. The number of hydrogen-bond donors (Lipinski definition) is 2. The lowest BCUT2D eigenvalue weighted by Gasteiger charge is -2.33. The monoisotopic (exact) mass is 240 g/mol. The number of amides is 1. The first-order valence-corrected chi connectivity index (χ1v) is 6.71. The Bertz CT molecular complexity index is 283. The van der Waals surface area contributed by atoms with Crippen molar-refractivity contribution in [2.75, 3.05) is 13.2 Å². The van der Waals surface area contributed by atoms with Crippen LogP contribution in [-0.2, 0) is 9.53 Å². The van der Waals surface area contributed by atoms with Crippen LogP contribution in [0.5, 0.6) is 0 Å². The van der Waals surface area contributed by atoms with Gasteiger partial charge in [0.15, 0.2) is 0 Å². The maximum absolute atomic E-state index is 12.0. The summed E-state index contributed by atoms with van der Waals surface area (Å²) in [5.74, 6) is 1.41. The molecule has 1 saturated carbocycles. The average molecular weight is 240 g/mol. The van der Waals surface area contributed by atoms with E-state index in [0.717, 1.165) is 18.8 Å². The Morgan fingerprint density at radius 1 is 1.24 bits per heavy atom. The lowest BCUT2D eigenvalue weighted by Crippen LogP contribution is -2.46. The number of nitrogens with one attached hydrogen (secondary N) is 1. The number of nitrogens with two attached hydrogens (primary N) is 1. The smallest absolute Gasteiger partial charge is 0.227 e. The van der Waals surface area contributed by atoms with Crippen LogP contribution < -0.4 is 11.1 Å². The van der Waals surface area contributed by atoms with Gasteiger partial charge in [0.05, 0.1) is 19.1 Å². The Kier molecular flexibility index (Phi) is 4.05. The van der Waals surface area contributed by atoms with E-state index < -0.39 is 0 Å². The van der Waals surface area contributed by atoms with Crippen molar-refractivity contribution in [1.82, 2.24) is 5.32 Å². The van der Waals surface area contributed by atoms with Crippen molar-refractivity contribution in [1.29, 1.82) is 0 Å². The topological polar surface area (TPSA) is 64.3 Å². The zero-order valence-electron chi connectivity index (χ0n) is 10.8. The predicted molar refractivity (Wildman–Crippen MR) is 66.4 cm³/mol. The molecule has 1 aliphatic carbocycles. The van der Waals surface area contributed by atoms with Crippen LogP contribution in [-0.4, -0.2) is 31.2 Å². The molecule has 1 saturated heterocycles. The number of rotatable bonds is 2. The van der Waals surface area contributed by atoms with Crippen LogP contribution in [0.3, 0.4) is 0 Å². The van der Waals surface area contributed by atoms with Gasteiger partial charge < -0.3 is 15.8 Å². The zero-order valence-corrected chi connectivity index (χ0v) is 10.8. The van der Waals surface area contributed by atoms with Crippen LogP contribution >= 0.6 is 0 Å². The molecule has 0 aromatic heterocycles. The van der Waals surface area contributed by atoms with Gasteiger partial charge in [-0.2, -0.15) is 0 Å². The highest BCUT2D eigenvalue weighted by molar-refractivity contribution is 5.80. The maximum atomic E-state index is 12.0. The molecule has 4 nitrogen and oxygen atoms in total. The Morgan fingerprint density at radius 3 is 2.59 bits per heavy atom. The second-order valence-electron chi connectivity index (χ2n) is 5.78. The summed E-state index contributed by atoms with van der Waals surface area (Å²) in [5, 5.41) is 3.14. The molecule has 0 aromatic rings. The molecule has 0 spiro atoms. The van der Waals surface area contributed by atoms with Crippen LogP contribution in [0.25, 0.3) is 0 Å². The van der Waals surface area contributed by atoms with E-state index in [1.54, 1.807) is 0 Å². The largest absolute Gasteiger partial charge is 0.379 e. The third kappa shape index (κ3) is 2.99. The molecule has 2 aliphatic rings. The lowest BCUT2D eigenvalue weighted by molar-refractivity contribution is -0.126. The molecule has 4 heteroatoms. The van der Waals surface area contributed by atoms with Crippen molar-refractivity contribution in [3.05, 3.63) is 0 Å². The number of hydrogen-bond acceptors (Lipinski definition) is 3. The molecular formula is C13H24N2O2. The van der Waals surface area contributed by atoms with Crippen molar-refractivity contribution in [3.63, 3.8) is 0 Å². The molecule has 17 heavy (non-hydrogen) atoms. The van der Waals surface area contributed by atoms with E-state index in [4.69, 9.17) is 10.5 Å². The van der Waals surface area contributed by atoms with E-state index in [1.165, 1.54) is 6.42 Å². The minimum absolute atomic E-state index is 0.0850. The van der Waals surface area contributed by atoms with Gasteiger partial charge in [0.1, 0.15) is 0 Å². The molecule has 1 heterocycles. The van der Waals surface area contributed by atoms with Crippen LogP contribution in [0.15, 0.2) is 0 Å². The molecule has 0 bridgehead atoms. The van der Waals surface area contributed by atoms with E-state index in [0.29, 0.717) is 25.2 Å². The summed E-state index contributed by atoms with van der Waals surface area (Å²) in [7, 11) is 0. The van der Waals surface area contributed by atoms with Crippen LogP contribution in [0.4, 0.5) is 0 Å². The molecular weight excluding hydrogens is 216 g/mol. The van der Waals surface area contributed by atoms with Crippen molar-refractivity contribution >= 4 is 5.91 Å². The van der Waals surface area contributed by atoms with E-state index in [1.807, 2.05) is 0 Å². The van der Waals surface area contributed by atoms with Gasteiger partial charge in [-0.15, -0.1) is 0 Å². The van der Waals surface area contributed by atoms with E-state index in [9.17, 15) is 4.79 Å². The summed E-state index contributed by atoms with van der Waals surface area (Å²) < 4.78 is 5.23. The van der Waals surface area contributed by atoms with Gasteiger partial charge in [0.25, 0.3) is 0 Å². The van der Waals surface area contributed by atoms with Crippen molar-refractivity contribution < 1.29 is 9.53 Å². The Labute approximate surface area is 103 Å². The van der Waals surface area contributed by atoms with Gasteiger partial charge in [-0.1, -0.05) is 13.8 Å². The van der Waals surface area contributed by atoms with E-state index >= 15 is 0 Å². The van der Waals surface area contributed by atoms with E-state index in [2.05, 4.69) is 19.2 Å². The zero-order chi connectivity index (χ0) is 12.4. The SMILES string of the molecule is CC1CCC(NC(=O)C2COCC2N)CC1C. The second-order valence-corrected chi connectivity index (χ2v) is 5.78. The summed E-state index contributed by atoms with van der Waals surface area (Å²) in [5.41, 5.74) is 5.85. The highest BCUT2D eigenvalue weighted by Crippen LogP contribution is 2.29. The Balaban J connectivity index is 1.82. The normalized spacial score (nSPS) is 42.4. The Morgan fingerprint density at radius 2 is 2.00 bits per heavy atom. The fourth-order valence-corrected chi connectivity index (χ4v) is 2.83. The molecule has 3 N–H and O–H groups in total. The summed E-state index contributed by atoms with van der Waals surface area (Å²) >= 11 is 0.